The zero-order valence-electron chi connectivity index (χ0n) is 10.7. The lowest BCUT2D eigenvalue weighted by Gasteiger charge is -2.28. The van der Waals surface area contributed by atoms with Crippen molar-refractivity contribution in [2.24, 2.45) is 0 Å². The molecule has 0 spiro atoms. The standard InChI is InChI=1S/C13H23N3O/c1-12-14-6-8-15(12)9-10-16-7-4-2-3-5-13(16)11-17/h6,8,13,17H,2-5,7,9-11H2,1H3. The Balaban J connectivity index is 1.89. The van der Waals surface area contributed by atoms with E-state index in [1.54, 1.807) is 0 Å². The van der Waals surface area contributed by atoms with Crippen LogP contribution in [0.5, 0.6) is 0 Å². The largest absolute Gasteiger partial charge is 0.395 e. The molecule has 2 heterocycles. The average Bonchev–Trinajstić information content (AvgIpc) is 2.63. The lowest BCUT2D eigenvalue weighted by Crippen LogP contribution is -2.39. The molecule has 1 fully saturated rings. The van der Waals surface area contributed by atoms with E-state index in [2.05, 4.69) is 14.5 Å². The van der Waals surface area contributed by atoms with E-state index in [9.17, 15) is 5.11 Å². The first-order valence-corrected chi connectivity index (χ1v) is 6.64. The molecular weight excluding hydrogens is 214 g/mol. The van der Waals surface area contributed by atoms with Gasteiger partial charge in [0.15, 0.2) is 0 Å². The number of aromatic nitrogens is 2. The normalized spacial score (nSPS) is 22.6. The Labute approximate surface area is 103 Å². The van der Waals surface area contributed by atoms with Crippen molar-refractivity contribution in [2.45, 2.75) is 45.2 Å². The topological polar surface area (TPSA) is 41.3 Å². The van der Waals surface area contributed by atoms with Gasteiger partial charge in [0.1, 0.15) is 5.82 Å². The van der Waals surface area contributed by atoms with E-state index in [4.69, 9.17) is 0 Å². The summed E-state index contributed by atoms with van der Waals surface area (Å²) >= 11 is 0. The van der Waals surface area contributed by atoms with Crippen molar-refractivity contribution in [1.29, 1.82) is 0 Å². The first kappa shape index (κ1) is 12.6. The Morgan fingerprint density at radius 1 is 1.35 bits per heavy atom. The SMILES string of the molecule is Cc1nccn1CCN1CCCCCC1CO. The van der Waals surface area contributed by atoms with Gasteiger partial charge in [0.25, 0.3) is 0 Å². The Morgan fingerprint density at radius 3 is 2.94 bits per heavy atom. The number of rotatable bonds is 4. The lowest BCUT2D eigenvalue weighted by molar-refractivity contribution is 0.121. The van der Waals surface area contributed by atoms with Crippen molar-refractivity contribution in [3.63, 3.8) is 0 Å². The van der Waals surface area contributed by atoms with Crippen LogP contribution in [0.15, 0.2) is 12.4 Å². The molecule has 17 heavy (non-hydrogen) atoms. The van der Waals surface area contributed by atoms with Crippen LogP contribution in [-0.4, -0.2) is 45.3 Å². The van der Waals surface area contributed by atoms with Crippen molar-refractivity contribution in [3.8, 4) is 0 Å². The molecule has 0 radical (unpaired) electrons. The summed E-state index contributed by atoms with van der Waals surface area (Å²) in [5.74, 6) is 1.07. The minimum atomic E-state index is 0.295. The van der Waals surface area contributed by atoms with Crippen LogP contribution >= 0.6 is 0 Å². The van der Waals surface area contributed by atoms with E-state index in [1.807, 2.05) is 19.3 Å². The van der Waals surface area contributed by atoms with Gasteiger partial charge >= 0.3 is 0 Å². The quantitative estimate of drug-likeness (QED) is 0.861. The van der Waals surface area contributed by atoms with Crippen LogP contribution in [0, 0.1) is 6.92 Å². The van der Waals surface area contributed by atoms with E-state index in [-0.39, 0.29) is 0 Å². The molecule has 1 aliphatic heterocycles. The third-order valence-electron chi connectivity index (χ3n) is 3.76. The first-order chi connectivity index (χ1) is 8.31. The summed E-state index contributed by atoms with van der Waals surface area (Å²) in [6.07, 6.45) is 8.84. The zero-order chi connectivity index (χ0) is 12.1. The minimum Gasteiger partial charge on any atom is -0.395 e. The summed E-state index contributed by atoms with van der Waals surface area (Å²) in [6, 6.07) is 0.362. The van der Waals surface area contributed by atoms with Gasteiger partial charge in [-0.25, -0.2) is 4.98 Å². The number of aryl methyl sites for hydroxylation is 1. The first-order valence-electron chi connectivity index (χ1n) is 6.64. The van der Waals surface area contributed by atoms with Crippen LogP contribution in [0.2, 0.25) is 0 Å². The number of hydrogen-bond acceptors (Lipinski definition) is 3. The fourth-order valence-corrected chi connectivity index (χ4v) is 2.61. The number of aliphatic hydroxyl groups is 1. The predicted molar refractivity (Wildman–Crippen MR) is 67.9 cm³/mol. The highest BCUT2D eigenvalue weighted by molar-refractivity contribution is 4.88. The maximum atomic E-state index is 9.44. The van der Waals surface area contributed by atoms with E-state index >= 15 is 0 Å². The van der Waals surface area contributed by atoms with E-state index in [1.165, 1.54) is 19.3 Å². The Hall–Kier alpha value is -0.870. The molecule has 0 bridgehead atoms. The molecule has 0 aliphatic carbocycles. The van der Waals surface area contributed by atoms with Gasteiger partial charge in [-0.15, -0.1) is 0 Å². The Morgan fingerprint density at radius 2 is 2.24 bits per heavy atom. The van der Waals surface area contributed by atoms with Gasteiger partial charge in [0.05, 0.1) is 6.61 Å². The Kier molecular flexibility index (Phi) is 4.57. The molecule has 0 aromatic carbocycles. The summed E-state index contributed by atoms with van der Waals surface area (Å²) in [6.45, 7) is 5.44. The van der Waals surface area contributed by atoms with Crippen LogP contribution < -0.4 is 0 Å². The highest BCUT2D eigenvalue weighted by Crippen LogP contribution is 2.16. The summed E-state index contributed by atoms with van der Waals surface area (Å²) in [5, 5.41) is 9.44. The molecule has 1 aromatic rings. The molecule has 2 rings (SSSR count). The van der Waals surface area contributed by atoms with Crippen molar-refractivity contribution >= 4 is 0 Å². The van der Waals surface area contributed by atoms with Crippen LogP contribution in [0.25, 0.3) is 0 Å². The van der Waals surface area contributed by atoms with Gasteiger partial charge in [0.2, 0.25) is 0 Å². The van der Waals surface area contributed by atoms with E-state index in [0.29, 0.717) is 12.6 Å². The predicted octanol–water partition coefficient (Wildman–Crippen LogP) is 1.43. The number of aliphatic hydroxyl groups excluding tert-OH is 1. The molecule has 4 nitrogen and oxygen atoms in total. The maximum Gasteiger partial charge on any atom is 0.105 e. The minimum absolute atomic E-state index is 0.295. The molecule has 0 saturated carbocycles. The van der Waals surface area contributed by atoms with Gasteiger partial charge in [-0.3, -0.25) is 4.90 Å². The van der Waals surface area contributed by atoms with Gasteiger partial charge < -0.3 is 9.67 Å². The molecule has 1 unspecified atom stereocenters. The third kappa shape index (κ3) is 3.30. The average molecular weight is 237 g/mol. The summed E-state index contributed by atoms with van der Waals surface area (Å²) < 4.78 is 2.18. The molecule has 1 atom stereocenters. The fourth-order valence-electron chi connectivity index (χ4n) is 2.61. The monoisotopic (exact) mass is 237 g/mol. The highest BCUT2D eigenvalue weighted by Gasteiger charge is 2.19. The Bertz CT molecular complexity index is 337. The molecule has 96 valence electrons. The molecule has 1 aromatic heterocycles. The summed E-state index contributed by atoms with van der Waals surface area (Å²) in [5.41, 5.74) is 0. The zero-order valence-corrected chi connectivity index (χ0v) is 10.7. The van der Waals surface area contributed by atoms with E-state index in [0.717, 1.165) is 31.9 Å². The molecular formula is C13H23N3O. The summed E-state index contributed by atoms with van der Waals surface area (Å²) in [7, 11) is 0. The van der Waals surface area contributed by atoms with Gasteiger partial charge in [0, 0.05) is 31.5 Å². The molecule has 1 aliphatic rings. The van der Waals surface area contributed by atoms with Crippen LogP contribution in [0.4, 0.5) is 0 Å². The van der Waals surface area contributed by atoms with Crippen LogP contribution in [0.3, 0.4) is 0 Å². The highest BCUT2D eigenvalue weighted by atomic mass is 16.3. The van der Waals surface area contributed by atoms with E-state index < -0.39 is 0 Å². The van der Waals surface area contributed by atoms with Gasteiger partial charge in [-0.05, 0) is 26.3 Å². The molecule has 1 saturated heterocycles. The second-order valence-corrected chi connectivity index (χ2v) is 4.89. The fraction of sp³-hybridized carbons (Fsp3) is 0.769. The number of likely N-dealkylation sites (tertiary alicyclic amines) is 1. The van der Waals surface area contributed by atoms with Crippen molar-refractivity contribution in [2.75, 3.05) is 19.7 Å². The smallest absolute Gasteiger partial charge is 0.105 e. The number of nitrogens with zero attached hydrogens (tertiary/aromatic N) is 3. The van der Waals surface area contributed by atoms with Crippen molar-refractivity contribution in [3.05, 3.63) is 18.2 Å². The maximum absolute atomic E-state index is 9.44. The van der Waals surface area contributed by atoms with Crippen LogP contribution in [-0.2, 0) is 6.54 Å². The second kappa shape index (κ2) is 6.17. The van der Waals surface area contributed by atoms with Crippen molar-refractivity contribution in [1.82, 2.24) is 14.5 Å². The summed E-state index contributed by atoms with van der Waals surface area (Å²) in [4.78, 5) is 6.67. The van der Waals surface area contributed by atoms with Crippen LogP contribution in [0.1, 0.15) is 31.5 Å². The third-order valence-corrected chi connectivity index (χ3v) is 3.76. The van der Waals surface area contributed by atoms with Gasteiger partial charge in [-0.2, -0.15) is 0 Å². The number of imidazole rings is 1. The van der Waals surface area contributed by atoms with Crippen molar-refractivity contribution < 1.29 is 5.11 Å². The second-order valence-electron chi connectivity index (χ2n) is 4.89. The molecule has 1 N–H and O–H groups in total. The molecule has 0 amide bonds. The lowest BCUT2D eigenvalue weighted by atomic mass is 10.1. The van der Waals surface area contributed by atoms with Gasteiger partial charge in [-0.1, -0.05) is 12.8 Å². The number of hydrogen-bond donors (Lipinski definition) is 1. The molecule has 4 heteroatoms.